The lowest BCUT2D eigenvalue weighted by Crippen LogP contribution is -2.03. The van der Waals surface area contributed by atoms with Crippen LogP contribution in [0, 0.1) is 6.92 Å². The Hall–Kier alpha value is -3.80. The molecule has 0 radical (unpaired) electrons. The van der Waals surface area contributed by atoms with Gasteiger partial charge in [0.15, 0.2) is 17.3 Å². The summed E-state index contributed by atoms with van der Waals surface area (Å²) in [5, 5.41) is 0.738. The number of hydrogen-bond donors (Lipinski definition) is 0. The molecule has 6 heteroatoms. The van der Waals surface area contributed by atoms with E-state index in [1.807, 2.05) is 13.0 Å². The normalized spacial score (nSPS) is 10.7. The first-order chi connectivity index (χ1) is 14.1. The number of methoxy groups -OCH3 is 2. The van der Waals surface area contributed by atoms with Gasteiger partial charge < -0.3 is 18.6 Å². The Morgan fingerprint density at radius 3 is 2.45 bits per heavy atom. The lowest BCUT2D eigenvalue weighted by Gasteiger charge is -2.14. The molecule has 0 amide bonds. The summed E-state index contributed by atoms with van der Waals surface area (Å²) in [7, 11) is 3.14. The number of benzene rings is 2. The molecule has 0 aliphatic rings. The smallest absolute Gasteiger partial charge is 0.231 e. The average molecular weight is 389 g/mol. The molecule has 2 aromatic heterocycles. The SMILES string of the molecule is COc1cc2nccc(Oc3ccc(C)cc3C(=O)c3ccco3)c2cc1OC. The van der Waals surface area contributed by atoms with Crippen molar-refractivity contribution in [2.45, 2.75) is 6.92 Å². The van der Waals surface area contributed by atoms with E-state index in [9.17, 15) is 4.79 Å². The highest BCUT2D eigenvalue weighted by molar-refractivity contribution is 6.09. The lowest BCUT2D eigenvalue weighted by atomic mass is 10.0. The van der Waals surface area contributed by atoms with Crippen LogP contribution >= 0.6 is 0 Å². The molecular weight excluding hydrogens is 370 g/mol. The molecule has 0 bridgehead atoms. The predicted octanol–water partition coefficient (Wildman–Crippen LogP) is 5.18. The van der Waals surface area contributed by atoms with Crippen molar-refractivity contribution in [2.24, 2.45) is 0 Å². The van der Waals surface area contributed by atoms with Crippen LogP contribution < -0.4 is 14.2 Å². The minimum Gasteiger partial charge on any atom is -0.493 e. The van der Waals surface area contributed by atoms with Crippen LogP contribution in [0.5, 0.6) is 23.0 Å². The van der Waals surface area contributed by atoms with E-state index in [0.29, 0.717) is 34.1 Å². The van der Waals surface area contributed by atoms with Crippen LogP contribution in [0.15, 0.2) is 65.4 Å². The molecule has 0 saturated heterocycles. The van der Waals surface area contributed by atoms with E-state index in [0.717, 1.165) is 10.9 Å². The largest absolute Gasteiger partial charge is 0.493 e. The second-order valence-electron chi connectivity index (χ2n) is 6.44. The standard InChI is InChI=1S/C23H19NO5/c1-14-6-7-18(16(11-14)23(25)20-5-4-10-28-20)29-19-8-9-24-17-13-22(27-3)21(26-2)12-15(17)19/h4-13H,1-3H3. The lowest BCUT2D eigenvalue weighted by molar-refractivity contribution is 0.101. The first-order valence-corrected chi connectivity index (χ1v) is 8.98. The summed E-state index contributed by atoms with van der Waals surface area (Å²) in [5.74, 6) is 2.13. The molecular formula is C23H19NO5. The number of rotatable bonds is 6. The number of carbonyl (C=O) groups excluding carboxylic acids is 1. The monoisotopic (exact) mass is 389 g/mol. The van der Waals surface area contributed by atoms with Crippen LogP contribution in [0.3, 0.4) is 0 Å². The molecule has 0 spiro atoms. The molecule has 0 fully saturated rings. The first-order valence-electron chi connectivity index (χ1n) is 8.98. The van der Waals surface area contributed by atoms with Crippen molar-refractivity contribution < 1.29 is 23.4 Å². The third kappa shape index (κ3) is 3.52. The highest BCUT2D eigenvalue weighted by Crippen LogP contribution is 2.37. The molecule has 0 aliphatic carbocycles. The van der Waals surface area contributed by atoms with Crippen LogP contribution in [0.1, 0.15) is 21.7 Å². The zero-order valence-electron chi connectivity index (χ0n) is 16.3. The fourth-order valence-corrected chi connectivity index (χ4v) is 3.11. The van der Waals surface area contributed by atoms with Gasteiger partial charge in [-0.25, -0.2) is 0 Å². The number of aromatic nitrogens is 1. The van der Waals surface area contributed by atoms with Gasteiger partial charge in [-0.2, -0.15) is 0 Å². The van der Waals surface area contributed by atoms with Crippen LogP contribution in [0.25, 0.3) is 10.9 Å². The maximum atomic E-state index is 12.9. The number of carbonyl (C=O) groups is 1. The Labute approximate surface area is 167 Å². The van der Waals surface area contributed by atoms with Gasteiger partial charge in [0.2, 0.25) is 5.78 Å². The van der Waals surface area contributed by atoms with Gasteiger partial charge in [0, 0.05) is 17.6 Å². The van der Waals surface area contributed by atoms with Gasteiger partial charge in [0.1, 0.15) is 11.5 Å². The Morgan fingerprint density at radius 1 is 0.931 bits per heavy atom. The number of ether oxygens (including phenoxy) is 3. The zero-order chi connectivity index (χ0) is 20.4. The molecule has 0 saturated carbocycles. The van der Waals surface area contributed by atoms with Crippen molar-refractivity contribution >= 4 is 16.7 Å². The Bertz CT molecular complexity index is 1180. The summed E-state index contributed by atoms with van der Waals surface area (Å²) >= 11 is 0. The van der Waals surface area contributed by atoms with E-state index in [-0.39, 0.29) is 11.5 Å². The minimum absolute atomic E-state index is 0.244. The van der Waals surface area contributed by atoms with Crippen LogP contribution in [0.2, 0.25) is 0 Å². The van der Waals surface area contributed by atoms with Gasteiger partial charge in [-0.15, -0.1) is 0 Å². The molecule has 6 nitrogen and oxygen atoms in total. The topological polar surface area (TPSA) is 70.8 Å². The van der Waals surface area contributed by atoms with Gasteiger partial charge in [0.05, 0.1) is 31.6 Å². The molecule has 0 N–H and O–H groups in total. The summed E-state index contributed by atoms with van der Waals surface area (Å²) < 4.78 is 22.2. The van der Waals surface area contributed by atoms with E-state index in [1.54, 1.807) is 62.9 Å². The van der Waals surface area contributed by atoms with E-state index in [2.05, 4.69) is 4.98 Å². The maximum absolute atomic E-state index is 12.9. The van der Waals surface area contributed by atoms with E-state index in [1.165, 1.54) is 6.26 Å². The molecule has 0 aliphatic heterocycles. The summed E-state index contributed by atoms with van der Waals surface area (Å²) in [4.78, 5) is 17.3. The van der Waals surface area contributed by atoms with Gasteiger partial charge in [-0.05, 0) is 43.3 Å². The number of aryl methyl sites for hydroxylation is 1. The van der Waals surface area contributed by atoms with E-state index < -0.39 is 0 Å². The third-order valence-corrected chi connectivity index (χ3v) is 4.55. The van der Waals surface area contributed by atoms with Crippen LogP contribution in [-0.4, -0.2) is 25.0 Å². The zero-order valence-corrected chi connectivity index (χ0v) is 16.3. The number of furan rings is 1. The van der Waals surface area contributed by atoms with Crippen molar-refractivity contribution in [2.75, 3.05) is 14.2 Å². The summed E-state index contributed by atoms with van der Waals surface area (Å²) in [6.07, 6.45) is 3.12. The first kappa shape index (κ1) is 18.6. The minimum atomic E-state index is -0.244. The highest BCUT2D eigenvalue weighted by Gasteiger charge is 2.19. The summed E-state index contributed by atoms with van der Waals surface area (Å²) in [6, 6.07) is 14.1. The summed E-state index contributed by atoms with van der Waals surface area (Å²) in [6.45, 7) is 1.92. The molecule has 146 valence electrons. The number of nitrogens with zero attached hydrogens (tertiary/aromatic N) is 1. The predicted molar refractivity (Wildman–Crippen MR) is 108 cm³/mol. The van der Waals surface area contributed by atoms with Crippen molar-refractivity contribution in [3.63, 3.8) is 0 Å². The third-order valence-electron chi connectivity index (χ3n) is 4.55. The Kier molecular flexibility index (Phi) is 4.91. The molecule has 0 atom stereocenters. The highest BCUT2D eigenvalue weighted by atomic mass is 16.5. The van der Waals surface area contributed by atoms with E-state index in [4.69, 9.17) is 18.6 Å². The molecule has 2 aromatic carbocycles. The number of hydrogen-bond acceptors (Lipinski definition) is 6. The number of fused-ring (bicyclic) bond motifs is 1. The van der Waals surface area contributed by atoms with Crippen molar-refractivity contribution in [3.05, 3.63) is 77.9 Å². The average Bonchev–Trinajstić information content (AvgIpc) is 3.28. The van der Waals surface area contributed by atoms with E-state index >= 15 is 0 Å². The molecule has 4 aromatic rings. The molecule has 4 rings (SSSR count). The van der Waals surface area contributed by atoms with Gasteiger partial charge in [-0.3, -0.25) is 9.78 Å². The van der Waals surface area contributed by atoms with Gasteiger partial charge in [0.25, 0.3) is 0 Å². The quantitative estimate of drug-likeness (QED) is 0.423. The van der Waals surface area contributed by atoms with Crippen molar-refractivity contribution in [3.8, 4) is 23.0 Å². The van der Waals surface area contributed by atoms with Crippen molar-refractivity contribution in [1.29, 1.82) is 0 Å². The Balaban J connectivity index is 1.80. The molecule has 0 unspecified atom stereocenters. The summed E-state index contributed by atoms with van der Waals surface area (Å²) in [5.41, 5.74) is 2.05. The molecule has 2 heterocycles. The van der Waals surface area contributed by atoms with Gasteiger partial charge >= 0.3 is 0 Å². The number of pyridine rings is 1. The van der Waals surface area contributed by atoms with Crippen LogP contribution in [0.4, 0.5) is 0 Å². The van der Waals surface area contributed by atoms with Crippen LogP contribution in [-0.2, 0) is 0 Å². The fourth-order valence-electron chi connectivity index (χ4n) is 3.11. The second-order valence-corrected chi connectivity index (χ2v) is 6.44. The second kappa shape index (κ2) is 7.67. The maximum Gasteiger partial charge on any atom is 0.231 e. The van der Waals surface area contributed by atoms with Crippen molar-refractivity contribution in [1.82, 2.24) is 4.98 Å². The van der Waals surface area contributed by atoms with Gasteiger partial charge in [-0.1, -0.05) is 11.6 Å². The molecule has 29 heavy (non-hydrogen) atoms. The Morgan fingerprint density at radius 2 is 1.72 bits per heavy atom. The fraction of sp³-hybridized carbons (Fsp3) is 0.130. The number of ketones is 1.